The molecule has 3 aromatic heterocycles. The molecule has 0 amide bonds. The molecule has 30 heavy (non-hydrogen) atoms. The second-order valence-electron chi connectivity index (χ2n) is 7.93. The Morgan fingerprint density at radius 1 is 1.10 bits per heavy atom. The molecule has 0 spiro atoms. The maximum Gasteiger partial charge on any atom is 0.332 e. The van der Waals surface area contributed by atoms with Gasteiger partial charge in [-0.15, -0.1) is 0 Å². The van der Waals surface area contributed by atoms with Gasteiger partial charge in [-0.25, -0.2) is 4.79 Å². The summed E-state index contributed by atoms with van der Waals surface area (Å²) in [6.07, 6.45) is 5.94. The molecule has 9 nitrogen and oxygen atoms in total. The Bertz CT molecular complexity index is 1170. The van der Waals surface area contributed by atoms with E-state index in [9.17, 15) is 9.59 Å². The highest BCUT2D eigenvalue weighted by Gasteiger charge is 2.23. The third kappa shape index (κ3) is 3.72. The van der Waals surface area contributed by atoms with E-state index in [1.54, 1.807) is 7.05 Å². The lowest BCUT2D eigenvalue weighted by molar-refractivity contribution is 0.532. The topological polar surface area (TPSA) is 82.0 Å². The molecule has 160 valence electrons. The van der Waals surface area contributed by atoms with Crippen molar-refractivity contribution in [1.82, 2.24) is 28.6 Å². The smallest absolute Gasteiger partial charge is 0.332 e. The largest absolute Gasteiger partial charge is 0.352 e. The van der Waals surface area contributed by atoms with Crippen molar-refractivity contribution in [2.45, 2.75) is 33.5 Å². The van der Waals surface area contributed by atoms with E-state index >= 15 is 0 Å². The summed E-state index contributed by atoms with van der Waals surface area (Å²) in [5.41, 5.74) is 1.48. The van der Waals surface area contributed by atoms with E-state index in [-0.39, 0.29) is 11.2 Å². The van der Waals surface area contributed by atoms with E-state index in [1.165, 1.54) is 14.7 Å². The van der Waals surface area contributed by atoms with Crippen LogP contribution in [0.4, 0.5) is 5.95 Å². The number of aromatic nitrogens is 5. The number of hydrogen-bond donors (Lipinski definition) is 1. The Balaban J connectivity index is 1.87. The van der Waals surface area contributed by atoms with Gasteiger partial charge in [0.1, 0.15) is 0 Å². The first-order valence-corrected chi connectivity index (χ1v) is 10.4. The number of allylic oxidation sites excluding steroid dienone is 2. The number of nitrogens with one attached hydrogen (secondary N) is 1. The molecule has 0 aliphatic carbocycles. The Morgan fingerprint density at radius 3 is 2.47 bits per heavy atom. The molecule has 4 heterocycles. The van der Waals surface area contributed by atoms with Crippen LogP contribution < -0.4 is 21.5 Å². The summed E-state index contributed by atoms with van der Waals surface area (Å²) >= 11 is 0. The van der Waals surface area contributed by atoms with E-state index in [0.29, 0.717) is 30.8 Å². The van der Waals surface area contributed by atoms with Crippen molar-refractivity contribution in [2.75, 3.05) is 31.1 Å². The third-order valence-corrected chi connectivity index (χ3v) is 5.54. The van der Waals surface area contributed by atoms with E-state index in [2.05, 4.69) is 16.3 Å². The molecule has 1 aliphatic heterocycles. The molecule has 1 fully saturated rings. The molecule has 3 aromatic rings. The van der Waals surface area contributed by atoms with Gasteiger partial charge in [0.05, 0.1) is 0 Å². The fourth-order valence-corrected chi connectivity index (χ4v) is 3.85. The molecule has 0 atom stereocenters. The normalized spacial score (nSPS) is 14.4. The van der Waals surface area contributed by atoms with Gasteiger partial charge in [-0.2, -0.15) is 4.98 Å². The monoisotopic (exact) mass is 411 g/mol. The van der Waals surface area contributed by atoms with Gasteiger partial charge in [0.15, 0.2) is 11.2 Å². The van der Waals surface area contributed by atoms with Crippen LogP contribution in [0.3, 0.4) is 0 Å². The van der Waals surface area contributed by atoms with Crippen LogP contribution in [0.5, 0.6) is 0 Å². The van der Waals surface area contributed by atoms with Crippen molar-refractivity contribution in [1.29, 1.82) is 0 Å². The lowest BCUT2D eigenvalue weighted by atomic mass is 10.3. The van der Waals surface area contributed by atoms with Crippen LogP contribution in [0.2, 0.25) is 0 Å². The molecule has 9 heteroatoms. The number of fused-ring (bicyclic) bond motifs is 1. The Morgan fingerprint density at radius 2 is 1.80 bits per heavy atom. The third-order valence-electron chi connectivity index (χ3n) is 5.54. The Hall–Kier alpha value is -3.07. The van der Waals surface area contributed by atoms with Crippen LogP contribution >= 0.6 is 0 Å². The molecule has 1 aliphatic rings. The minimum absolute atomic E-state index is 0.281. The van der Waals surface area contributed by atoms with Crippen LogP contribution in [0.1, 0.15) is 13.8 Å². The fourth-order valence-electron chi connectivity index (χ4n) is 3.85. The summed E-state index contributed by atoms with van der Waals surface area (Å²) in [6, 6.07) is 3.86. The second-order valence-corrected chi connectivity index (χ2v) is 7.93. The zero-order valence-electron chi connectivity index (χ0n) is 17.8. The van der Waals surface area contributed by atoms with Crippen LogP contribution in [-0.2, 0) is 26.7 Å². The average Bonchev–Trinajstić information content (AvgIpc) is 3.39. The van der Waals surface area contributed by atoms with Gasteiger partial charge in [0.2, 0.25) is 5.95 Å². The zero-order valence-corrected chi connectivity index (χ0v) is 17.8. The van der Waals surface area contributed by atoms with Crippen molar-refractivity contribution in [3.63, 3.8) is 0 Å². The SMILES string of the molecule is CC(C)=CCn1c(N2CCNCC2)nc2c1c(=O)n(CCn1cccc1)c(=O)n2C. The van der Waals surface area contributed by atoms with Gasteiger partial charge in [-0.05, 0) is 26.0 Å². The maximum atomic E-state index is 13.5. The zero-order chi connectivity index (χ0) is 21.3. The van der Waals surface area contributed by atoms with Gasteiger partial charge in [0, 0.05) is 65.3 Å². The number of imidazole rings is 1. The first kappa shape index (κ1) is 20.2. The quantitative estimate of drug-likeness (QED) is 0.606. The van der Waals surface area contributed by atoms with Crippen molar-refractivity contribution < 1.29 is 0 Å². The van der Waals surface area contributed by atoms with Crippen LogP contribution in [-0.4, -0.2) is 49.4 Å². The standard InChI is InChI=1S/C21H29N7O2/c1-16(2)6-11-27-17-18(23-20(27)26-12-7-22-8-13-26)24(3)21(30)28(19(17)29)15-14-25-9-4-5-10-25/h4-6,9-10,22H,7-8,11-15H2,1-3H3. The van der Waals surface area contributed by atoms with Gasteiger partial charge >= 0.3 is 5.69 Å². The van der Waals surface area contributed by atoms with E-state index < -0.39 is 0 Å². The summed E-state index contributed by atoms with van der Waals surface area (Å²) in [5, 5.41) is 3.34. The highest BCUT2D eigenvalue weighted by Crippen LogP contribution is 2.20. The molecule has 0 radical (unpaired) electrons. The first-order valence-electron chi connectivity index (χ1n) is 10.4. The summed E-state index contributed by atoms with van der Waals surface area (Å²) in [6.45, 7) is 8.85. The molecule has 0 bridgehead atoms. The van der Waals surface area contributed by atoms with E-state index in [4.69, 9.17) is 4.98 Å². The molecule has 0 saturated carbocycles. The average molecular weight is 412 g/mol. The van der Waals surface area contributed by atoms with E-state index in [1.807, 2.05) is 47.5 Å². The maximum absolute atomic E-state index is 13.5. The lowest BCUT2D eigenvalue weighted by Crippen LogP contribution is -2.44. The molecule has 0 aromatic carbocycles. The minimum Gasteiger partial charge on any atom is -0.352 e. The van der Waals surface area contributed by atoms with Crippen molar-refractivity contribution >= 4 is 17.1 Å². The van der Waals surface area contributed by atoms with Crippen LogP contribution in [0.15, 0.2) is 45.8 Å². The van der Waals surface area contributed by atoms with Gasteiger partial charge in [-0.1, -0.05) is 11.6 Å². The fraction of sp³-hybridized carbons (Fsp3) is 0.476. The second kappa shape index (κ2) is 8.35. The van der Waals surface area contributed by atoms with Crippen molar-refractivity contribution in [2.24, 2.45) is 7.05 Å². The summed E-state index contributed by atoms with van der Waals surface area (Å²) < 4.78 is 6.74. The molecular weight excluding hydrogens is 382 g/mol. The number of piperazine rings is 1. The number of rotatable bonds is 6. The van der Waals surface area contributed by atoms with Gasteiger partial charge in [0.25, 0.3) is 5.56 Å². The summed E-state index contributed by atoms with van der Waals surface area (Å²) in [5.74, 6) is 0.749. The molecule has 1 N–H and O–H groups in total. The van der Waals surface area contributed by atoms with Crippen LogP contribution in [0, 0.1) is 0 Å². The highest BCUT2D eigenvalue weighted by atomic mass is 16.2. The van der Waals surface area contributed by atoms with Crippen molar-refractivity contribution in [3.05, 3.63) is 57.0 Å². The molecule has 4 rings (SSSR count). The molecule has 1 saturated heterocycles. The summed E-state index contributed by atoms with van der Waals surface area (Å²) in [7, 11) is 1.69. The minimum atomic E-state index is -0.335. The Kier molecular flexibility index (Phi) is 5.63. The van der Waals surface area contributed by atoms with Crippen molar-refractivity contribution in [3.8, 4) is 0 Å². The number of nitrogens with zero attached hydrogens (tertiary/aromatic N) is 6. The highest BCUT2D eigenvalue weighted by molar-refractivity contribution is 5.74. The first-order chi connectivity index (χ1) is 14.5. The number of hydrogen-bond acceptors (Lipinski definition) is 5. The van der Waals surface area contributed by atoms with Gasteiger partial charge < -0.3 is 19.4 Å². The predicted octanol–water partition coefficient (Wildman–Crippen LogP) is 0.774. The molecule has 0 unspecified atom stereocenters. The Labute approximate surface area is 174 Å². The summed E-state index contributed by atoms with van der Waals surface area (Å²) in [4.78, 5) is 33.4. The van der Waals surface area contributed by atoms with Crippen LogP contribution in [0.25, 0.3) is 11.2 Å². The van der Waals surface area contributed by atoms with E-state index in [0.717, 1.165) is 32.1 Å². The predicted molar refractivity (Wildman–Crippen MR) is 118 cm³/mol. The number of aryl methyl sites for hydroxylation is 2. The lowest BCUT2D eigenvalue weighted by Gasteiger charge is -2.28. The molecular formula is C21H29N7O2. The van der Waals surface area contributed by atoms with Gasteiger partial charge in [-0.3, -0.25) is 13.9 Å². The number of anilines is 1.